The van der Waals surface area contributed by atoms with Gasteiger partial charge in [0.25, 0.3) is 0 Å². The van der Waals surface area contributed by atoms with Crippen LogP contribution in [-0.2, 0) is 0 Å². The standard InChI is InChI=1S/C14H10ClN/c15-9-16-14-12-7-3-1-5-10(12)11-6-2-4-8-13(11)14/h1-9,14H. The van der Waals surface area contributed by atoms with Gasteiger partial charge in [0.2, 0.25) is 0 Å². The maximum atomic E-state index is 5.62. The van der Waals surface area contributed by atoms with Crippen molar-refractivity contribution in [1.82, 2.24) is 0 Å². The highest BCUT2D eigenvalue weighted by Crippen LogP contribution is 2.44. The van der Waals surface area contributed by atoms with Crippen molar-refractivity contribution in [1.29, 1.82) is 0 Å². The molecule has 0 radical (unpaired) electrons. The average molecular weight is 228 g/mol. The van der Waals surface area contributed by atoms with Crippen LogP contribution < -0.4 is 0 Å². The number of hydrogen-bond donors (Lipinski definition) is 0. The molecule has 0 N–H and O–H groups in total. The Labute approximate surface area is 99.4 Å². The Morgan fingerprint density at radius 3 is 1.88 bits per heavy atom. The minimum atomic E-state index is 0.0601. The number of halogens is 1. The van der Waals surface area contributed by atoms with Crippen molar-refractivity contribution in [3.63, 3.8) is 0 Å². The van der Waals surface area contributed by atoms with Gasteiger partial charge in [0, 0.05) is 0 Å². The van der Waals surface area contributed by atoms with Gasteiger partial charge >= 0.3 is 0 Å². The first kappa shape index (κ1) is 9.61. The Bertz CT molecular complexity index is 515. The van der Waals surface area contributed by atoms with Crippen molar-refractivity contribution in [2.45, 2.75) is 6.04 Å². The molecule has 0 aliphatic heterocycles. The summed E-state index contributed by atoms with van der Waals surface area (Å²) < 4.78 is 0. The molecule has 0 saturated carbocycles. The molecule has 0 saturated heterocycles. The molecular formula is C14H10ClN. The summed E-state index contributed by atoms with van der Waals surface area (Å²) in [4.78, 5) is 4.35. The highest BCUT2D eigenvalue weighted by atomic mass is 35.5. The van der Waals surface area contributed by atoms with Crippen LogP contribution in [0.2, 0.25) is 0 Å². The summed E-state index contributed by atoms with van der Waals surface area (Å²) in [5, 5.41) is 0. The summed E-state index contributed by atoms with van der Waals surface area (Å²) in [5.74, 6) is 0. The Kier molecular flexibility index (Phi) is 2.26. The zero-order chi connectivity index (χ0) is 11.0. The predicted molar refractivity (Wildman–Crippen MR) is 68.1 cm³/mol. The number of benzene rings is 2. The second-order valence-corrected chi connectivity index (χ2v) is 4.02. The molecule has 3 rings (SSSR count). The van der Waals surface area contributed by atoms with E-state index in [2.05, 4.69) is 41.4 Å². The van der Waals surface area contributed by atoms with Gasteiger partial charge in [-0.2, -0.15) is 0 Å². The maximum absolute atomic E-state index is 5.62. The fourth-order valence-electron chi connectivity index (χ4n) is 2.35. The third-order valence-corrected chi connectivity index (χ3v) is 3.12. The fourth-order valence-corrected chi connectivity index (χ4v) is 2.46. The van der Waals surface area contributed by atoms with E-state index in [1.54, 1.807) is 0 Å². The molecule has 0 unspecified atom stereocenters. The van der Waals surface area contributed by atoms with Gasteiger partial charge in [-0.1, -0.05) is 60.1 Å². The summed E-state index contributed by atoms with van der Waals surface area (Å²) in [6, 6.07) is 16.8. The molecule has 78 valence electrons. The van der Waals surface area contributed by atoms with Crippen LogP contribution >= 0.6 is 11.6 Å². The van der Waals surface area contributed by atoms with E-state index in [9.17, 15) is 0 Å². The molecule has 0 bridgehead atoms. The average Bonchev–Trinajstić information content (AvgIpc) is 2.66. The molecule has 16 heavy (non-hydrogen) atoms. The van der Waals surface area contributed by atoms with Gasteiger partial charge in [-0.15, -0.1) is 0 Å². The maximum Gasteiger partial charge on any atom is 0.102 e. The van der Waals surface area contributed by atoms with E-state index < -0.39 is 0 Å². The Hall–Kier alpha value is -1.60. The lowest BCUT2D eigenvalue weighted by molar-refractivity contribution is 0.911. The van der Waals surface area contributed by atoms with Crippen LogP contribution in [0, 0.1) is 0 Å². The molecule has 2 aromatic carbocycles. The third kappa shape index (κ3) is 1.29. The molecule has 0 heterocycles. The van der Waals surface area contributed by atoms with Crippen molar-refractivity contribution in [3.05, 3.63) is 59.7 Å². The lowest BCUT2D eigenvalue weighted by atomic mass is 10.1. The largest absolute Gasteiger partial charge is 0.268 e. The molecule has 2 heteroatoms. The van der Waals surface area contributed by atoms with E-state index in [4.69, 9.17) is 11.6 Å². The zero-order valence-corrected chi connectivity index (χ0v) is 9.35. The van der Waals surface area contributed by atoms with Crippen LogP contribution in [0.5, 0.6) is 0 Å². The highest BCUT2D eigenvalue weighted by molar-refractivity contribution is 6.56. The predicted octanol–water partition coefficient (Wildman–Crippen LogP) is 4.02. The summed E-state index contributed by atoms with van der Waals surface area (Å²) >= 11 is 5.62. The summed E-state index contributed by atoms with van der Waals surface area (Å²) in [6.07, 6.45) is 0. The molecule has 0 fully saturated rings. The Morgan fingerprint density at radius 1 is 0.875 bits per heavy atom. The first-order valence-electron chi connectivity index (χ1n) is 5.22. The van der Waals surface area contributed by atoms with Crippen LogP contribution in [-0.4, -0.2) is 5.67 Å². The molecule has 1 nitrogen and oxygen atoms in total. The summed E-state index contributed by atoms with van der Waals surface area (Å²) in [5.41, 5.74) is 6.38. The van der Waals surface area contributed by atoms with Crippen molar-refractivity contribution < 1.29 is 0 Å². The van der Waals surface area contributed by atoms with Gasteiger partial charge in [0.15, 0.2) is 0 Å². The van der Waals surface area contributed by atoms with Crippen molar-refractivity contribution in [2.75, 3.05) is 0 Å². The van der Waals surface area contributed by atoms with Crippen LogP contribution in [0.15, 0.2) is 53.5 Å². The molecule has 1 aliphatic carbocycles. The number of rotatable bonds is 1. The lowest BCUT2D eigenvalue weighted by Gasteiger charge is -2.06. The van der Waals surface area contributed by atoms with Crippen molar-refractivity contribution in [2.24, 2.45) is 4.99 Å². The van der Waals surface area contributed by atoms with E-state index in [-0.39, 0.29) is 6.04 Å². The number of fused-ring (bicyclic) bond motifs is 3. The van der Waals surface area contributed by atoms with E-state index in [1.165, 1.54) is 27.9 Å². The molecule has 2 aromatic rings. The van der Waals surface area contributed by atoms with Crippen molar-refractivity contribution in [3.8, 4) is 11.1 Å². The first-order chi connectivity index (χ1) is 7.92. The lowest BCUT2D eigenvalue weighted by Crippen LogP contribution is -1.91. The number of hydrogen-bond acceptors (Lipinski definition) is 1. The summed E-state index contributed by atoms with van der Waals surface area (Å²) in [7, 11) is 0. The third-order valence-electron chi connectivity index (χ3n) is 3.01. The molecule has 0 aromatic heterocycles. The van der Waals surface area contributed by atoms with Crippen molar-refractivity contribution >= 4 is 17.3 Å². The zero-order valence-electron chi connectivity index (χ0n) is 8.60. The Morgan fingerprint density at radius 2 is 1.38 bits per heavy atom. The fraction of sp³-hybridized carbons (Fsp3) is 0.0714. The second kappa shape index (κ2) is 3.76. The second-order valence-electron chi connectivity index (χ2n) is 3.82. The van der Waals surface area contributed by atoms with E-state index in [1.807, 2.05) is 12.1 Å². The number of nitrogens with zero attached hydrogens (tertiary/aromatic N) is 1. The quantitative estimate of drug-likeness (QED) is 0.653. The number of aliphatic imine (C=N–C) groups is 1. The normalized spacial score (nSPS) is 14.1. The molecule has 0 amide bonds. The van der Waals surface area contributed by atoms with Crippen LogP contribution in [0.25, 0.3) is 11.1 Å². The monoisotopic (exact) mass is 227 g/mol. The highest BCUT2D eigenvalue weighted by Gasteiger charge is 2.26. The van der Waals surface area contributed by atoms with Gasteiger partial charge in [0.1, 0.15) is 6.04 Å². The van der Waals surface area contributed by atoms with Gasteiger partial charge in [-0.05, 0) is 22.3 Å². The molecule has 0 spiro atoms. The van der Waals surface area contributed by atoms with E-state index >= 15 is 0 Å². The van der Waals surface area contributed by atoms with Gasteiger partial charge in [0.05, 0.1) is 5.67 Å². The molecular weight excluding hydrogens is 218 g/mol. The van der Waals surface area contributed by atoms with Crippen LogP contribution in [0.1, 0.15) is 17.2 Å². The minimum Gasteiger partial charge on any atom is -0.268 e. The Balaban J connectivity index is 2.29. The van der Waals surface area contributed by atoms with Gasteiger partial charge in [-0.3, -0.25) is 4.99 Å². The first-order valence-corrected chi connectivity index (χ1v) is 5.65. The SMILES string of the molecule is ClC=NC1c2ccccc2-c2ccccc21. The van der Waals surface area contributed by atoms with Crippen LogP contribution in [0.3, 0.4) is 0 Å². The minimum absolute atomic E-state index is 0.0601. The topological polar surface area (TPSA) is 12.4 Å². The smallest absolute Gasteiger partial charge is 0.102 e. The van der Waals surface area contributed by atoms with Gasteiger partial charge < -0.3 is 0 Å². The molecule has 0 atom stereocenters. The van der Waals surface area contributed by atoms with E-state index in [0.717, 1.165) is 0 Å². The summed E-state index contributed by atoms with van der Waals surface area (Å²) in [6.45, 7) is 0. The van der Waals surface area contributed by atoms with Crippen LogP contribution in [0.4, 0.5) is 0 Å². The van der Waals surface area contributed by atoms with E-state index in [0.29, 0.717) is 0 Å². The molecule has 1 aliphatic rings. The van der Waals surface area contributed by atoms with Gasteiger partial charge in [-0.25, -0.2) is 0 Å².